The first-order chi connectivity index (χ1) is 9.76. The van der Waals surface area contributed by atoms with Gasteiger partial charge in [-0.3, -0.25) is 4.68 Å². The minimum absolute atomic E-state index is 0.237. The standard InChI is InChI=1S/C14H21N5O/c1-17-7-12(6-16-17)14-9-19(8-13(14)10-20)5-4-18-3-2-15-11-18/h2-3,6-7,11,13-14,20H,4-5,8-10H2,1H3/t13-,14-/m0/s1. The molecule has 6 heteroatoms. The van der Waals surface area contributed by atoms with Crippen LogP contribution >= 0.6 is 0 Å². The van der Waals surface area contributed by atoms with Crippen LogP contribution in [-0.4, -0.2) is 55.6 Å². The Morgan fingerprint density at radius 1 is 1.35 bits per heavy atom. The van der Waals surface area contributed by atoms with Gasteiger partial charge < -0.3 is 14.6 Å². The third-order valence-corrected chi connectivity index (χ3v) is 4.14. The maximum atomic E-state index is 9.61. The van der Waals surface area contributed by atoms with Crippen molar-refractivity contribution in [2.75, 3.05) is 26.2 Å². The Bertz CT molecular complexity index is 536. The second-order valence-electron chi connectivity index (χ2n) is 5.56. The van der Waals surface area contributed by atoms with E-state index in [-0.39, 0.29) is 6.61 Å². The Labute approximate surface area is 118 Å². The quantitative estimate of drug-likeness (QED) is 0.854. The molecule has 6 nitrogen and oxygen atoms in total. The molecule has 108 valence electrons. The zero-order chi connectivity index (χ0) is 13.9. The van der Waals surface area contributed by atoms with Crippen LogP contribution in [0.2, 0.25) is 0 Å². The summed E-state index contributed by atoms with van der Waals surface area (Å²) in [6, 6.07) is 0. The van der Waals surface area contributed by atoms with E-state index in [4.69, 9.17) is 0 Å². The largest absolute Gasteiger partial charge is 0.396 e. The molecule has 0 saturated carbocycles. The molecule has 0 aromatic carbocycles. The fourth-order valence-electron chi connectivity index (χ4n) is 3.01. The van der Waals surface area contributed by atoms with Crippen LogP contribution in [0.4, 0.5) is 0 Å². The predicted octanol–water partition coefficient (Wildman–Crippen LogP) is 0.324. The van der Waals surface area contributed by atoms with Gasteiger partial charge in [0.25, 0.3) is 0 Å². The van der Waals surface area contributed by atoms with Gasteiger partial charge in [-0.25, -0.2) is 4.98 Å². The summed E-state index contributed by atoms with van der Waals surface area (Å²) in [5.74, 6) is 0.693. The minimum Gasteiger partial charge on any atom is -0.396 e. The van der Waals surface area contributed by atoms with Crippen molar-refractivity contribution in [2.24, 2.45) is 13.0 Å². The monoisotopic (exact) mass is 275 g/mol. The average molecular weight is 275 g/mol. The van der Waals surface area contributed by atoms with Crippen LogP contribution in [0.5, 0.6) is 0 Å². The zero-order valence-electron chi connectivity index (χ0n) is 11.8. The molecule has 2 atom stereocenters. The predicted molar refractivity (Wildman–Crippen MR) is 75.2 cm³/mol. The number of aliphatic hydroxyl groups excluding tert-OH is 1. The van der Waals surface area contributed by atoms with Gasteiger partial charge in [-0.1, -0.05) is 0 Å². The van der Waals surface area contributed by atoms with E-state index in [0.29, 0.717) is 11.8 Å². The lowest BCUT2D eigenvalue weighted by molar-refractivity contribution is 0.214. The molecule has 0 aliphatic carbocycles. The van der Waals surface area contributed by atoms with Crippen molar-refractivity contribution >= 4 is 0 Å². The van der Waals surface area contributed by atoms with Crippen LogP contribution in [0.1, 0.15) is 11.5 Å². The molecule has 3 rings (SSSR count). The van der Waals surface area contributed by atoms with E-state index in [1.54, 1.807) is 6.20 Å². The summed E-state index contributed by atoms with van der Waals surface area (Å²) < 4.78 is 3.92. The van der Waals surface area contributed by atoms with Crippen LogP contribution in [0.3, 0.4) is 0 Å². The van der Waals surface area contributed by atoms with Gasteiger partial charge in [0.1, 0.15) is 0 Å². The van der Waals surface area contributed by atoms with E-state index in [0.717, 1.165) is 26.2 Å². The van der Waals surface area contributed by atoms with Gasteiger partial charge in [-0.2, -0.15) is 5.10 Å². The molecule has 2 aromatic heterocycles. The van der Waals surface area contributed by atoms with Gasteiger partial charge >= 0.3 is 0 Å². The van der Waals surface area contributed by atoms with Crippen LogP contribution in [0.15, 0.2) is 31.1 Å². The lowest BCUT2D eigenvalue weighted by Crippen LogP contribution is -2.25. The SMILES string of the molecule is Cn1cc([C@@H]2CN(CCn3ccnc3)C[C@H]2CO)cn1. The highest BCUT2D eigenvalue weighted by Crippen LogP contribution is 2.31. The van der Waals surface area contributed by atoms with E-state index in [2.05, 4.69) is 25.7 Å². The molecule has 0 amide bonds. The number of likely N-dealkylation sites (tertiary alicyclic amines) is 1. The first-order valence-corrected chi connectivity index (χ1v) is 7.03. The Morgan fingerprint density at radius 3 is 2.90 bits per heavy atom. The van der Waals surface area contributed by atoms with Crippen LogP contribution in [-0.2, 0) is 13.6 Å². The fourth-order valence-corrected chi connectivity index (χ4v) is 3.01. The van der Waals surface area contributed by atoms with Crippen molar-refractivity contribution in [3.63, 3.8) is 0 Å². The van der Waals surface area contributed by atoms with E-state index in [1.165, 1.54) is 5.56 Å². The number of aromatic nitrogens is 4. The zero-order valence-corrected chi connectivity index (χ0v) is 11.8. The smallest absolute Gasteiger partial charge is 0.0946 e. The molecule has 1 aliphatic rings. The molecule has 0 spiro atoms. The molecular weight excluding hydrogens is 254 g/mol. The van der Waals surface area contributed by atoms with Gasteiger partial charge in [0.15, 0.2) is 0 Å². The first kappa shape index (κ1) is 13.3. The van der Waals surface area contributed by atoms with Crippen LogP contribution < -0.4 is 0 Å². The van der Waals surface area contributed by atoms with E-state index in [1.807, 2.05) is 30.5 Å². The molecule has 1 aliphatic heterocycles. The average Bonchev–Trinajstić information content (AvgIpc) is 3.16. The highest BCUT2D eigenvalue weighted by Gasteiger charge is 2.33. The first-order valence-electron chi connectivity index (χ1n) is 7.03. The number of imidazole rings is 1. The Morgan fingerprint density at radius 2 is 2.25 bits per heavy atom. The van der Waals surface area contributed by atoms with Crippen molar-refractivity contribution in [1.29, 1.82) is 0 Å². The molecule has 0 bridgehead atoms. The molecule has 3 heterocycles. The molecule has 0 radical (unpaired) electrons. The maximum Gasteiger partial charge on any atom is 0.0946 e. The summed E-state index contributed by atoms with van der Waals surface area (Å²) in [6.07, 6.45) is 9.62. The summed E-state index contributed by atoms with van der Waals surface area (Å²) in [4.78, 5) is 6.47. The lowest BCUT2D eigenvalue weighted by Gasteiger charge is -2.15. The molecular formula is C14H21N5O. The molecule has 2 aromatic rings. The summed E-state index contributed by atoms with van der Waals surface area (Å²) in [5, 5.41) is 13.9. The highest BCUT2D eigenvalue weighted by atomic mass is 16.3. The second-order valence-corrected chi connectivity index (χ2v) is 5.56. The summed E-state index contributed by atoms with van der Waals surface area (Å²) in [7, 11) is 1.93. The van der Waals surface area contributed by atoms with Crippen molar-refractivity contribution in [2.45, 2.75) is 12.5 Å². The maximum absolute atomic E-state index is 9.61. The van der Waals surface area contributed by atoms with Gasteiger partial charge in [0.2, 0.25) is 0 Å². The van der Waals surface area contributed by atoms with Gasteiger partial charge in [-0.15, -0.1) is 0 Å². The normalized spacial score (nSPS) is 23.5. The van der Waals surface area contributed by atoms with E-state index in [9.17, 15) is 5.11 Å². The van der Waals surface area contributed by atoms with Gasteiger partial charge in [0, 0.05) is 70.3 Å². The topological polar surface area (TPSA) is 59.1 Å². The Hall–Kier alpha value is -1.66. The van der Waals surface area contributed by atoms with Crippen LogP contribution in [0.25, 0.3) is 0 Å². The molecule has 1 N–H and O–H groups in total. The van der Waals surface area contributed by atoms with Gasteiger partial charge in [0.05, 0.1) is 12.5 Å². The van der Waals surface area contributed by atoms with Gasteiger partial charge in [-0.05, 0) is 5.56 Å². The fraction of sp³-hybridized carbons (Fsp3) is 0.571. The number of hydrogen-bond acceptors (Lipinski definition) is 4. The van der Waals surface area contributed by atoms with E-state index >= 15 is 0 Å². The summed E-state index contributed by atoms with van der Waals surface area (Å²) in [6.45, 7) is 4.11. The Balaban J connectivity index is 1.62. The van der Waals surface area contributed by atoms with Crippen molar-refractivity contribution in [3.05, 3.63) is 36.7 Å². The molecule has 0 unspecified atom stereocenters. The molecule has 1 fully saturated rings. The van der Waals surface area contributed by atoms with Crippen molar-refractivity contribution in [3.8, 4) is 0 Å². The Kier molecular flexibility index (Phi) is 3.84. The number of aryl methyl sites for hydroxylation is 1. The summed E-state index contributed by atoms with van der Waals surface area (Å²) >= 11 is 0. The summed E-state index contributed by atoms with van der Waals surface area (Å²) in [5.41, 5.74) is 1.23. The minimum atomic E-state index is 0.237. The number of rotatable bonds is 5. The molecule has 1 saturated heterocycles. The lowest BCUT2D eigenvalue weighted by atomic mass is 9.92. The number of hydrogen-bond donors (Lipinski definition) is 1. The number of aliphatic hydroxyl groups is 1. The van der Waals surface area contributed by atoms with Crippen molar-refractivity contribution < 1.29 is 5.11 Å². The number of nitrogens with zero attached hydrogens (tertiary/aromatic N) is 5. The highest BCUT2D eigenvalue weighted by molar-refractivity contribution is 5.16. The third-order valence-electron chi connectivity index (χ3n) is 4.14. The second kappa shape index (κ2) is 5.76. The third kappa shape index (κ3) is 2.76. The molecule has 20 heavy (non-hydrogen) atoms. The van der Waals surface area contributed by atoms with E-state index < -0.39 is 0 Å². The van der Waals surface area contributed by atoms with Crippen molar-refractivity contribution in [1.82, 2.24) is 24.2 Å². The van der Waals surface area contributed by atoms with Crippen LogP contribution in [0, 0.1) is 5.92 Å².